The Morgan fingerprint density at radius 2 is 2.16 bits per heavy atom. The fraction of sp³-hybridized carbons (Fsp3) is 0.412. The molecule has 2 aromatic rings. The fourth-order valence-electron chi connectivity index (χ4n) is 2.99. The molecule has 5 nitrogen and oxygen atoms in total. The van der Waals surface area contributed by atoms with Gasteiger partial charge in [0.15, 0.2) is 5.75 Å². The van der Waals surface area contributed by atoms with Crippen molar-refractivity contribution in [1.29, 1.82) is 5.26 Å². The van der Waals surface area contributed by atoms with Crippen LogP contribution in [0.15, 0.2) is 30.6 Å². The first kappa shape index (κ1) is 17.3. The summed E-state index contributed by atoms with van der Waals surface area (Å²) in [4.78, 5) is 0. The Kier molecular flexibility index (Phi) is 4.68. The lowest BCUT2D eigenvalue weighted by Crippen LogP contribution is -2.33. The summed E-state index contributed by atoms with van der Waals surface area (Å²) in [6.45, 7) is -0.0688. The number of hydrogen-bond acceptors (Lipinski definition) is 4. The van der Waals surface area contributed by atoms with Gasteiger partial charge in [0.25, 0.3) is 0 Å². The van der Waals surface area contributed by atoms with Crippen LogP contribution in [0.2, 0.25) is 0 Å². The predicted molar refractivity (Wildman–Crippen MR) is 83.7 cm³/mol. The first-order valence-electron chi connectivity index (χ1n) is 7.92. The van der Waals surface area contributed by atoms with Gasteiger partial charge in [-0.15, -0.1) is 0 Å². The Morgan fingerprint density at radius 3 is 2.80 bits per heavy atom. The number of alkyl halides is 3. The van der Waals surface area contributed by atoms with Crippen LogP contribution in [0.25, 0.3) is 0 Å². The molecule has 3 rings (SSSR count). The average molecular weight is 350 g/mol. The van der Waals surface area contributed by atoms with E-state index in [1.807, 2.05) is 0 Å². The van der Waals surface area contributed by atoms with Gasteiger partial charge in [-0.2, -0.15) is 23.5 Å². The molecule has 0 bridgehead atoms. The molecule has 1 fully saturated rings. The van der Waals surface area contributed by atoms with Crippen LogP contribution >= 0.6 is 0 Å². The lowest BCUT2D eigenvalue weighted by Gasteiger charge is -2.16. The highest BCUT2D eigenvalue weighted by Crippen LogP contribution is 2.33. The lowest BCUT2D eigenvalue weighted by molar-refractivity contribution is -0.138. The fourth-order valence-corrected chi connectivity index (χ4v) is 2.99. The zero-order valence-corrected chi connectivity index (χ0v) is 13.3. The van der Waals surface area contributed by atoms with Crippen LogP contribution in [-0.4, -0.2) is 21.9 Å². The number of aromatic nitrogens is 2. The van der Waals surface area contributed by atoms with Crippen molar-refractivity contribution in [3.8, 4) is 11.8 Å². The monoisotopic (exact) mass is 350 g/mol. The number of nitrogens with zero attached hydrogens (tertiary/aromatic N) is 3. The second-order valence-electron chi connectivity index (χ2n) is 6.11. The smallest absolute Gasteiger partial charge is 0.416 e. The van der Waals surface area contributed by atoms with Crippen molar-refractivity contribution in [1.82, 2.24) is 9.78 Å². The van der Waals surface area contributed by atoms with Crippen LogP contribution in [0.4, 0.5) is 13.2 Å². The Hall–Kier alpha value is -2.53. The van der Waals surface area contributed by atoms with E-state index in [4.69, 9.17) is 15.7 Å². The second kappa shape index (κ2) is 6.76. The summed E-state index contributed by atoms with van der Waals surface area (Å²) in [6, 6.07) is 5.22. The second-order valence-corrected chi connectivity index (χ2v) is 6.11. The molecule has 1 heterocycles. The van der Waals surface area contributed by atoms with Crippen LogP contribution in [0.5, 0.6) is 5.75 Å². The molecular formula is C17H17F3N4O. The third-order valence-electron chi connectivity index (χ3n) is 4.28. The Balaban J connectivity index is 1.78. The van der Waals surface area contributed by atoms with Gasteiger partial charge in [0.05, 0.1) is 36.1 Å². The van der Waals surface area contributed by atoms with Crippen molar-refractivity contribution in [3.63, 3.8) is 0 Å². The summed E-state index contributed by atoms with van der Waals surface area (Å²) in [5.41, 5.74) is 5.13. The van der Waals surface area contributed by atoms with Gasteiger partial charge in [-0.3, -0.25) is 4.68 Å². The highest BCUT2D eigenvalue weighted by Gasteiger charge is 2.33. The third kappa shape index (κ3) is 3.94. The van der Waals surface area contributed by atoms with E-state index in [-0.39, 0.29) is 29.8 Å². The lowest BCUT2D eigenvalue weighted by atomic mass is 10.0. The summed E-state index contributed by atoms with van der Waals surface area (Å²) in [5, 5.41) is 12.9. The molecule has 0 unspecified atom stereocenters. The number of rotatable bonds is 4. The number of nitrogens with two attached hydrogens (primary N) is 1. The molecule has 0 aliphatic heterocycles. The maximum absolute atomic E-state index is 13.2. The predicted octanol–water partition coefficient (Wildman–Crippen LogP) is 3.08. The van der Waals surface area contributed by atoms with E-state index in [0.717, 1.165) is 25.3 Å². The van der Waals surface area contributed by atoms with E-state index in [2.05, 4.69) is 5.10 Å². The number of nitriles is 1. The van der Waals surface area contributed by atoms with E-state index >= 15 is 0 Å². The van der Waals surface area contributed by atoms with Crippen LogP contribution in [0.1, 0.15) is 36.0 Å². The molecule has 0 amide bonds. The zero-order chi connectivity index (χ0) is 18.0. The van der Waals surface area contributed by atoms with Crippen molar-refractivity contribution >= 4 is 0 Å². The molecule has 0 saturated heterocycles. The largest absolute Gasteiger partial charge is 0.486 e. The van der Waals surface area contributed by atoms with Crippen LogP contribution in [0, 0.1) is 11.3 Å². The number of benzene rings is 1. The highest BCUT2D eigenvalue weighted by atomic mass is 19.4. The van der Waals surface area contributed by atoms with E-state index in [9.17, 15) is 13.2 Å². The Bertz CT molecular complexity index is 794. The van der Waals surface area contributed by atoms with Gasteiger partial charge in [-0.25, -0.2) is 0 Å². The maximum Gasteiger partial charge on any atom is 0.416 e. The normalized spacial score (nSPS) is 20.4. The number of hydrogen-bond donors (Lipinski definition) is 1. The molecule has 0 spiro atoms. The average Bonchev–Trinajstić information content (AvgIpc) is 3.17. The maximum atomic E-state index is 13.2. The molecule has 1 aromatic carbocycles. The van der Waals surface area contributed by atoms with Crippen LogP contribution in [0.3, 0.4) is 0 Å². The minimum Gasteiger partial charge on any atom is -0.486 e. The molecule has 25 heavy (non-hydrogen) atoms. The molecule has 2 N–H and O–H groups in total. The Labute approximate surface area is 142 Å². The Morgan fingerprint density at radius 1 is 1.36 bits per heavy atom. The van der Waals surface area contributed by atoms with Crippen LogP contribution in [-0.2, 0) is 12.7 Å². The molecule has 2 atom stereocenters. The standard InChI is InChI=1S/C17H17F3N4O/c18-17(19,20)14-6-11(7-21)4-5-12(14)9-24-10-13(8-23-24)25-16-3-1-2-15(16)22/h4-6,8,10,15-16H,1-3,9,22H2/t15-,16+/m0/s1. The van der Waals surface area contributed by atoms with E-state index in [1.54, 1.807) is 12.3 Å². The number of halogens is 3. The molecule has 1 aliphatic rings. The van der Waals surface area contributed by atoms with Gasteiger partial charge < -0.3 is 10.5 Å². The molecule has 1 aliphatic carbocycles. The quantitative estimate of drug-likeness (QED) is 0.919. The zero-order valence-electron chi connectivity index (χ0n) is 13.3. The van der Waals surface area contributed by atoms with Crippen molar-refractivity contribution in [2.75, 3.05) is 0 Å². The van der Waals surface area contributed by atoms with Crippen molar-refractivity contribution in [2.24, 2.45) is 5.73 Å². The molecule has 8 heteroatoms. The molecule has 0 radical (unpaired) electrons. The van der Waals surface area contributed by atoms with E-state index in [0.29, 0.717) is 5.75 Å². The minimum absolute atomic E-state index is 0.0290. The third-order valence-corrected chi connectivity index (χ3v) is 4.28. The minimum atomic E-state index is -4.54. The van der Waals surface area contributed by atoms with E-state index in [1.165, 1.54) is 23.0 Å². The summed E-state index contributed by atoms with van der Waals surface area (Å²) in [7, 11) is 0. The topological polar surface area (TPSA) is 76.9 Å². The van der Waals surface area contributed by atoms with Gasteiger partial charge in [0.1, 0.15) is 6.10 Å². The molecule has 1 saturated carbocycles. The summed E-state index contributed by atoms with van der Waals surface area (Å²) < 4.78 is 46.8. The highest BCUT2D eigenvalue weighted by molar-refractivity contribution is 5.40. The van der Waals surface area contributed by atoms with Gasteiger partial charge in [-0.1, -0.05) is 6.07 Å². The van der Waals surface area contributed by atoms with Gasteiger partial charge in [0, 0.05) is 6.04 Å². The van der Waals surface area contributed by atoms with E-state index < -0.39 is 11.7 Å². The van der Waals surface area contributed by atoms with Gasteiger partial charge in [0.2, 0.25) is 0 Å². The van der Waals surface area contributed by atoms with Gasteiger partial charge in [-0.05, 0) is 37.0 Å². The summed E-state index contributed by atoms with van der Waals surface area (Å²) in [6.07, 6.45) is 1.17. The van der Waals surface area contributed by atoms with Crippen molar-refractivity contribution < 1.29 is 17.9 Å². The van der Waals surface area contributed by atoms with Crippen molar-refractivity contribution in [3.05, 3.63) is 47.3 Å². The van der Waals surface area contributed by atoms with Crippen molar-refractivity contribution in [2.45, 2.75) is 44.1 Å². The first-order chi connectivity index (χ1) is 11.9. The van der Waals surface area contributed by atoms with Crippen LogP contribution < -0.4 is 10.5 Å². The molecule has 1 aromatic heterocycles. The molecular weight excluding hydrogens is 333 g/mol. The summed E-state index contributed by atoms with van der Waals surface area (Å²) >= 11 is 0. The number of ether oxygens (including phenoxy) is 1. The summed E-state index contributed by atoms with van der Waals surface area (Å²) in [5.74, 6) is 0.490. The van der Waals surface area contributed by atoms with Gasteiger partial charge >= 0.3 is 6.18 Å². The molecule has 132 valence electrons. The SMILES string of the molecule is N#Cc1ccc(Cn2cc(O[C@@H]3CCC[C@@H]3N)cn2)c(C(F)(F)F)c1. The first-order valence-corrected chi connectivity index (χ1v) is 7.92.